The Bertz CT molecular complexity index is 650. The van der Waals surface area contributed by atoms with Gasteiger partial charge >= 0.3 is 0 Å². The fourth-order valence-corrected chi connectivity index (χ4v) is 2.65. The summed E-state index contributed by atoms with van der Waals surface area (Å²) in [5, 5.41) is 0. The summed E-state index contributed by atoms with van der Waals surface area (Å²) in [6.07, 6.45) is 4.42. The van der Waals surface area contributed by atoms with E-state index in [1.54, 1.807) is 6.33 Å². The lowest BCUT2D eigenvalue weighted by molar-refractivity contribution is 0.639. The number of rotatable bonds is 4. The zero-order valence-electron chi connectivity index (χ0n) is 14.0. The lowest BCUT2D eigenvalue weighted by atomic mass is 10.2. The average Bonchev–Trinajstić information content (AvgIpc) is 2.62. The van der Waals surface area contributed by atoms with Crippen molar-refractivity contribution in [2.45, 2.75) is 13.3 Å². The molecule has 23 heavy (non-hydrogen) atoms. The molecule has 0 radical (unpaired) electrons. The minimum Gasteiger partial charge on any atom is -0.353 e. The summed E-state index contributed by atoms with van der Waals surface area (Å²) in [5.74, 6) is 2.75. The Labute approximate surface area is 137 Å². The molecule has 1 saturated heterocycles. The van der Waals surface area contributed by atoms with E-state index in [9.17, 15) is 0 Å². The lowest BCUT2D eigenvalue weighted by Crippen LogP contribution is -2.47. The van der Waals surface area contributed by atoms with Crippen LogP contribution in [0.15, 0.2) is 24.7 Å². The zero-order valence-corrected chi connectivity index (χ0v) is 14.0. The second-order valence-corrected chi connectivity index (χ2v) is 5.80. The van der Waals surface area contributed by atoms with Gasteiger partial charge in [-0.15, -0.1) is 0 Å². The normalized spacial score (nSPS) is 14.9. The highest BCUT2D eigenvalue weighted by Crippen LogP contribution is 2.19. The summed E-state index contributed by atoms with van der Waals surface area (Å²) in [4.78, 5) is 24.1. The van der Waals surface area contributed by atoms with E-state index in [1.807, 2.05) is 31.3 Å². The highest BCUT2D eigenvalue weighted by atomic mass is 15.3. The van der Waals surface area contributed by atoms with Crippen LogP contribution in [0, 0.1) is 0 Å². The highest BCUT2D eigenvalue weighted by Gasteiger charge is 2.20. The van der Waals surface area contributed by atoms with E-state index in [2.05, 4.69) is 42.7 Å². The average molecular weight is 313 g/mol. The first-order valence-corrected chi connectivity index (χ1v) is 7.98. The highest BCUT2D eigenvalue weighted by molar-refractivity contribution is 5.47. The summed E-state index contributed by atoms with van der Waals surface area (Å²) in [6.45, 7) is 5.83. The van der Waals surface area contributed by atoms with Crippen molar-refractivity contribution in [3.05, 3.63) is 30.4 Å². The van der Waals surface area contributed by atoms with Crippen LogP contribution < -0.4 is 14.7 Å². The van der Waals surface area contributed by atoms with E-state index >= 15 is 0 Å². The predicted molar refractivity (Wildman–Crippen MR) is 92.2 cm³/mol. The van der Waals surface area contributed by atoms with E-state index < -0.39 is 0 Å². The van der Waals surface area contributed by atoms with Crippen LogP contribution in [-0.2, 0) is 6.42 Å². The molecular weight excluding hydrogens is 290 g/mol. The number of aromatic nitrogens is 4. The molecule has 0 spiro atoms. The van der Waals surface area contributed by atoms with Crippen molar-refractivity contribution in [3.8, 4) is 0 Å². The van der Waals surface area contributed by atoms with Gasteiger partial charge in [0.25, 0.3) is 0 Å². The third-order valence-electron chi connectivity index (χ3n) is 4.03. The Balaban J connectivity index is 1.67. The Morgan fingerprint density at radius 1 is 1.00 bits per heavy atom. The monoisotopic (exact) mass is 313 g/mol. The molecule has 0 unspecified atom stereocenters. The molecular formula is C16H23N7. The second kappa shape index (κ2) is 6.76. The third-order valence-corrected chi connectivity index (χ3v) is 4.03. The van der Waals surface area contributed by atoms with Gasteiger partial charge in [-0.2, -0.15) is 4.98 Å². The molecule has 0 aliphatic carbocycles. The molecule has 1 aliphatic heterocycles. The Morgan fingerprint density at radius 3 is 2.35 bits per heavy atom. The van der Waals surface area contributed by atoms with Gasteiger partial charge in [0.15, 0.2) is 0 Å². The third kappa shape index (κ3) is 3.49. The van der Waals surface area contributed by atoms with E-state index in [0.29, 0.717) is 0 Å². The molecule has 2 aromatic rings. The summed E-state index contributed by atoms with van der Waals surface area (Å²) in [5.41, 5.74) is 1.09. The van der Waals surface area contributed by atoms with Crippen LogP contribution in [0.2, 0.25) is 0 Å². The lowest BCUT2D eigenvalue weighted by Gasteiger charge is -2.36. The number of nitrogens with zero attached hydrogens (tertiary/aromatic N) is 7. The largest absolute Gasteiger partial charge is 0.353 e. The maximum Gasteiger partial charge on any atom is 0.226 e. The standard InChI is InChI=1S/C16H23N7/c1-4-13-11-15(19-12-18-13)23-9-7-22(8-10-23)14-5-6-17-16(20-14)21(2)3/h5-6,11-12H,4,7-10H2,1-3H3. The van der Waals surface area contributed by atoms with Crippen LogP contribution >= 0.6 is 0 Å². The fraction of sp³-hybridized carbons (Fsp3) is 0.500. The second-order valence-electron chi connectivity index (χ2n) is 5.80. The molecule has 0 N–H and O–H groups in total. The van der Waals surface area contributed by atoms with Crippen LogP contribution in [0.5, 0.6) is 0 Å². The Kier molecular flexibility index (Phi) is 4.55. The number of piperazine rings is 1. The molecule has 0 saturated carbocycles. The van der Waals surface area contributed by atoms with Gasteiger partial charge in [-0.25, -0.2) is 15.0 Å². The molecule has 0 aromatic carbocycles. The van der Waals surface area contributed by atoms with E-state index in [-0.39, 0.29) is 0 Å². The molecule has 1 fully saturated rings. The van der Waals surface area contributed by atoms with Crippen molar-refractivity contribution >= 4 is 17.6 Å². The van der Waals surface area contributed by atoms with E-state index in [0.717, 1.165) is 55.9 Å². The number of anilines is 3. The first kappa shape index (κ1) is 15.5. The Hall–Kier alpha value is -2.44. The van der Waals surface area contributed by atoms with E-state index in [1.165, 1.54) is 0 Å². The van der Waals surface area contributed by atoms with Crippen molar-refractivity contribution in [1.82, 2.24) is 19.9 Å². The smallest absolute Gasteiger partial charge is 0.226 e. The van der Waals surface area contributed by atoms with Gasteiger partial charge in [-0.3, -0.25) is 0 Å². The number of aryl methyl sites for hydroxylation is 1. The van der Waals surface area contributed by atoms with Crippen molar-refractivity contribution in [1.29, 1.82) is 0 Å². The molecule has 0 bridgehead atoms. The van der Waals surface area contributed by atoms with Crippen LogP contribution in [-0.4, -0.2) is 60.2 Å². The topological polar surface area (TPSA) is 61.3 Å². The van der Waals surface area contributed by atoms with Gasteiger partial charge in [0.05, 0.1) is 0 Å². The minimum absolute atomic E-state index is 0.744. The van der Waals surface area contributed by atoms with Crippen LogP contribution in [0.3, 0.4) is 0 Å². The van der Waals surface area contributed by atoms with Gasteiger partial charge in [0.2, 0.25) is 5.95 Å². The first-order valence-electron chi connectivity index (χ1n) is 7.98. The molecule has 7 nitrogen and oxygen atoms in total. The van der Waals surface area contributed by atoms with Crippen molar-refractivity contribution < 1.29 is 0 Å². The van der Waals surface area contributed by atoms with Crippen molar-refractivity contribution in [3.63, 3.8) is 0 Å². The van der Waals surface area contributed by atoms with Gasteiger partial charge in [-0.1, -0.05) is 6.92 Å². The van der Waals surface area contributed by atoms with Crippen LogP contribution in [0.4, 0.5) is 17.6 Å². The summed E-state index contributed by atoms with van der Waals surface area (Å²) in [6, 6.07) is 4.06. The molecule has 122 valence electrons. The van der Waals surface area contributed by atoms with E-state index in [4.69, 9.17) is 0 Å². The van der Waals surface area contributed by atoms with Gasteiger partial charge in [-0.05, 0) is 12.5 Å². The molecule has 0 amide bonds. The summed E-state index contributed by atoms with van der Waals surface area (Å²) in [7, 11) is 3.91. The van der Waals surface area contributed by atoms with Crippen LogP contribution in [0.25, 0.3) is 0 Å². The quantitative estimate of drug-likeness (QED) is 0.841. The van der Waals surface area contributed by atoms with Crippen molar-refractivity contribution in [2.75, 3.05) is 55.0 Å². The summed E-state index contributed by atoms with van der Waals surface area (Å²) < 4.78 is 0. The fourth-order valence-electron chi connectivity index (χ4n) is 2.65. The number of hydrogen-bond donors (Lipinski definition) is 0. The molecule has 3 rings (SSSR count). The molecule has 1 aliphatic rings. The van der Waals surface area contributed by atoms with Gasteiger partial charge < -0.3 is 14.7 Å². The maximum atomic E-state index is 4.62. The number of hydrogen-bond acceptors (Lipinski definition) is 7. The molecule has 0 atom stereocenters. The first-order chi connectivity index (χ1) is 11.2. The van der Waals surface area contributed by atoms with Crippen LogP contribution in [0.1, 0.15) is 12.6 Å². The van der Waals surface area contributed by atoms with Gasteiger partial charge in [0.1, 0.15) is 18.0 Å². The molecule has 2 aromatic heterocycles. The Morgan fingerprint density at radius 2 is 1.70 bits per heavy atom. The van der Waals surface area contributed by atoms with Gasteiger partial charge in [0, 0.05) is 58.2 Å². The predicted octanol–water partition coefficient (Wildman–Crippen LogP) is 1.22. The zero-order chi connectivity index (χ0) is 16.2. The maximum absolute atomic E-state index is 4.62. The minimum atomic E-state index is 0.744. The SMILES string of the molecule is CCc1cc(N2CCN(c3ccnc(N(C)C)n3)CC2)ncn1. The molecule has 3 heterocycles. The summed E-state index contributed by atoms with van der Waals surface area (Å²) >= 11 is 0. The molecule has 7 heteroatoms. The van der Waals surface area contributed by atoms with Crippen molar-refractivity contribution in [2.24, 2.45) is 0 Å².